The van der Waals surface area contributed by atoms with E-state index < -0.39 is 16.1 Å². The van der Waals surface area contributed by atoms with Crippen molar-refractivity contribution in [2.45, 2.75) is 39.5 Å². The Hall–Kier alpha value is -1.76. The molecule has 2 N–H and O–H groups in total. The minimum Gasteiger partial charge on any atom is -0.410 e. The highest BCUT2D eigenvalue weighted by atomic mass is 32.2. The zero-order valence-electron chi connectivity index (χ0n) is 13.5. The van der Waals surface area contributed by atoms with Gasteiger partial charge in [0.2, 0.25) is 10.0 Å². The molecule has 1 unspecified atom stereocenters. The molecule has 1 rings (SSSR count). The molecule has 7 heteroatoms. The van der Waals surface area contributed by atoms with Gasteiger partial charge in [0.15, 0.2) is 0 Å². The third-order valence-corrected chi connectivity index (χ3v) is 4.63. The lowest BCUT2D eigenvalue weighted by atomic mass is 9.95. The normalized spacial score (nSPS) is 12.5. The number of anilines is 1. The molecule has 0 aliphatic heterocycles. The Bertz CT molecular complexity index is 614. The second kappa shape index (κ2) is 8.03. The maximum atomic E-state index is 11.8. The highest BCUT2D eigenvalue weighted by Gasteiger charge is 2.16. The highest BCUT2D eigenvalue weighted by Crippen LogP contribution is 2.32. The number of sulfonamides is 1. The van der Waals surface area contributed by atoms with E-state index in [-0.39, 0.29) is 11.7 Å². The van der Waals surface area contributed by atoms with Crippen molar-refractivity contribution in [2.75, 3.05) is 17.5 Å². The summed E-state index contributed by atoms with van der Waals surface area (Å²) < 4.78 is 31.3. The SMILES string of the molecule is CCCC(C)c1cc(OC(=O)NC)ccc1NS(=O)(=O)CC. The minimum atomic E-state index is -3.35. The van der Waals surface area contributed by atoms with Crippen molar-refractivity contribution in [3.8, 4) is 5.75 Å². The van der Waals surface area contributed by atoms with Gasteiger partial charge in [-0.3, -0.25) is 4.72 Å². The molecule has 0 fully saturated rings. The first-order chi connectivity index (χ1) is 10.3. The van der Waals surface area contributed by atoms with Crippen molar-refractivity contribution in [1.29, 1.82) is 0 Å². The topological polar surface area (TPSA) is 84.5 Å². The number of ether oxygens (including phenoxy) is 1. The standard InChI is InChI=1S/C15H24N2O4S/c1-5-7-11(3)13-10-12(21-15(18)16-4)8-9-14(13)17-22(19,20)6-2/h8-11,17H,5-7H2,1-4H3,(H,16,18). The van der Waals surface area contributed by atoms with Crippen LogP contribution < -0.4 is 14.8 Å². The van der Waals surface area contributed by atoms with E-state index in [0.717, 1.165) is 18.4 Å². The average Bonchev–Trinajstić information content (AvgIpc) is 2.48. The van der Waals surface area contributed by atoms with Crippen molar-refractivity contribution in [3.05, 3.63) is 23.8 Å². The first-order valence-electron chi connectivity index (χ1n) is 7.37. The van der Waals surface area contributed by atoms with Gasteiger partial charge in [0.1, 0.15) is 5.75 Å². The summed E-state index contributed by atoms with van der Waals surface area (Å²) >= 11 is 0. The molecule has 0 saturated heterocycles. The quantitative estimate of drug-likeness (QED) is 0.805. The number of carbonyl (C=O) groups is 1. The number of nitrogens with one attached hydrogen (secondary N) is 2. The average molecular weight is 328 g/mol. The van der Waals surface area contributed by atoms with Crippen molar-refractivity contribution in [1.82, 2.24) is 5.32 Å². The summed E-state index contributed by atoms with van der Waals surface area (Å²) in [5.41, 5.74) is 1.35. The fraction of sp³-hybridized carbons (Fsp3) is 0.533. The zero-order valence-corrected chi connectivity index (χ0v) is 14.3. The van der Waals surface area contributed by atoms with Gasteiger partial charge in [-0.1, -0.05) is 20.3 Å². The zero-order chi connectivity index (χ0) is 16.8. The van der Waals surface area contributed by atoms with Crippen LogP contribution in [-0.2, 0) is 10.0 Å². The van der Waals surface area contributed by atoms with E-state index in [1.807, 2.05) is 6.92 Å². The molecule has 0 saturated carbocycles. The molecule has 6 nitrogen and oxygen atoms in total. The van der Waals surface area contributed by atoms with Crippen LogP contribution >= 0.6 is 0 Å². The maximum Gasteiger partial charge on any atom is 0.412 e. The van der Waals surface area contributed by atoms with Crippen LogP contribution in [0.1, 0.15) is 45.1 Å². The van der Waals surface area contributed by atoms with E-state index in [2.05, 4.69) is 17.0 Å². The highest BCUT2D eigenvalue weighted by molar-refractivity contribution is 7.92. The first-order valence-corrected chi connectivity index (χ1v) is 9.02. The number of amides is 1. The number of hydrogen-bond donors (Lipinski definition) is 2. The van der Waals surface area contributed by atoms with Gasteiger partial charge in [-0.2, -0.15) is 0 Å². The van der Waals surface area contributed by atoms with E-state index in [9.17, 15) is 13.2 Å². The molecule has 22 heavy (non-hydrogen) atoms. The molecule has 0 heterocycles. The smallest absolute Gasteiger partial charge is 0.410 e. The van der Waals surface area contributed by atoms with Crippen LogP contribution in [0.3, 0.4) is 0 Å². The Morgan fingerprint density at radius 3 is 2.55 bits per heavy atom. The molecule has 0 aromatic heterocycles. The second-order valence-corrected chi connectivity index (χ2v) is 7.09. The molecular formula is C15H24N2O4S. The van der Waals surface area contributed by atoms with Gasteiger partial charge in [0, 0.05) is 7.05 Å². The van der Waals surface area contributed by atoms with Gasteiger partial charge >= 0.3 is 6.09 Å². The Balaban J connectivity index is 3.17. The molecule has 124 valence electrons. The maximum absolute atomic E-state index is 11.8. The number of hydrogen-bond acceptors (Lipinski definition) is 4. The van der Waals surface area contributed by atoms with E-state index in [0.29, 0.717) is 11.4 Å². The summed E-state index contributed by atoms with van der Waals surface area (Å²) in [6.45, 7) is 5.67. The van der Waals surface area contributed by atoms with Gasteiger partial charge in [-0.25, -0.2) is 13.2 Å². The molecule has 1 atom stereocenters. The van der Waals surface area contributed by atoms with Crippen LogP contribution in [0, 0.1) is 0 Å². The van der Waals surface area contributed by atoms with Crippen LogP contribution in [0.5, 0.6) is 5.75 Å². The second-order valence-electron chi connectivity index (χ2n) is 5.08. The summed E-state index contributed by atoms with van der Waals surface area (Å²) in [7, 11) is -1.88. The largest absolute Gasteiger partial charge is 0.412 e. The molecule has 0 radical (unpaired) electrons. The lowest BCUT2D eigenvalue weighted by Crippen LogP contribution is -2.22. The van der Waals surface area contributed by atoms with Gasteiger partial charge < -0.3 is 10.1 Å². The predicted octanol–water partition coefficient (Wildman–Crippen LogP) is 3.07. The van der Waals surface area contributed by atoms with Gasteiger partial charge in [0.05, 0.1) is 11.4 Å². The molecule has 0 bridgehead atoms. The molecule has 0 aliphatic carbocycles. The van der Waals surface area contributed by atoms with Gasteiger partial charge in [0.25, 0.3) is 0 Å². The Labute approximate surface area is 132 Å². The molecule has 1 aromatic rings. The monoisotopic (exact) mass is 328 g/mol. The van der Waals surface area contributed by atoms with Crippen molar-refractivity contribution < 1.29 is 17.9 Å². The molecule has 0 spiro atoms. The fourth-order valence-corrected chi connectivity index (χ4v) is 2.76. The third-order valence-electron chi connectivity index (χ3n) is 3.34. The van der Waals surface area contributed by atoms with Crippen molar-refractivity contribution in [2.24, 2.45) is 0 Å². The van der Waals surface area contributed by atoms with Crippen LogP contribution in [0.25, 0.3) is 0 Å². The third kappa shape index (κ3) is 5.22. The lowest BCUT2D eigenvalue weighted by Gasteiger charge is -2.18. The van der Waals surface area contributed by atoms with Crippen molar-refractivity contribution in [3.63, 3.8) is 0 Å². The first kappa shape index (κ1) is 18.3. The number of benzene rings is 1. The summed E-state index contributed by atoms with van der Waals surface area (Å²) in [4.78, 5) is 11.3. The van der Waals surface area contributed by atoms with Crippen molar-refractivity contribution >= 4 is 21.8 Å². The molecule has 1 aromatic carbocycles. The minimum absolute atomic E-state index is 0.00505. The molecule has 1 amide bonds. The van der Waals surface area contributed by atoms with Crippen LogP contribution in [0.4, 0.5) is 10.5 Å². The van der Waals surface area contributed by atoms with E-state index in [1.165, 1.54) is 7.05 Å². The summed E-state index contributed by atoms with van der Waals surface area (Å²) in [6.07, 6.45) is 1.32. The van der Waals surface area contributed by atoms with Crippen LogP contribution in [0.15, 0.2) is 18.2 Å². The number of carbonyl (C=O) groups excluding carboxylic acids is 1. The summed E-state index contributed by atoms with van der Waals surface area (Å²) in [5.74, 6) is 0.537. The predicted molar refractivity (Wildman–Crippen MR) is 87.9 cm³/mol. The Kier molecular flexibility index (Phi) is 6.67. The van der Waals surface area contributed by atoms with Gasteiger partial charge in [-0.05, 0) is 43.0 Å². The van der Waals surface area contributed by atoms with Crippen LogP contribution in [-0.4, -0.2) is 27.3 Å². The van der Waals surface area contributed by atoms with Gasteiger partial charge in [-0.15, -0.1) is 0 Å². The van der Waals surface area contributed by atoms with E-state index in [4.69, 9.17) is 4.74 Å². The Morgan fingerprint density at radius 2 is 2.00 bits per heavy atom. The van der Waals surface area contributed by atoms with Crippen LogP contribution in [0.2, 0.25) is 0 Å². The molecule has 0 aliphatic rings. The number of rotatable bonds is 7. The Morgan fingerprint density at radius 1 is 1.32 bits per heavy atom. The molecular weight excluding hydrogens is 304 g/mol. The summed E-state index contributed by atoms with van der Waals surface area (Å²) in [5, 5.41) is 2.38. The lowest BCUT2D eigenvalue weighted by molar-refractivity contribution is 0.203. The summed E-state index contributed by atoms with van der Waals surface area (Å²) in [6, 6.07) is 4.92. The van der Waals surface area contributed by atoms with E-state index >= 15 is 0 Å². The fourth-order valence-electron chi connectivity index (χ4n) is 2.09. The van der Waals surface area contributed by atoms with E-state index in [1.54, 1.807) is 25.1 Å².